The molecule has 0 aliphatic carbocycles. The lowest BCUT2D eigenvalue weighted by atomic mass is 10.1. The van der Waals surface area contributed by atoms with Crippen LogP contribution in [0.1, 0.15) is 18.4 Å². The Balaban J connectivity index is 1.69. The Morgan fingerprint density at radius 1 is 1.16 bits per heavy atom. The van der Waals surface area contributed by atoms with E-state index in [2.05, 4.69) is 10.0 Å². The van der Waals surface area contributed by atoms with Crippen LogP contribution < -0.4 is 14.9 Å². The molecule has 8 nitrogen and oxygen atoms in total. The molecule has 10 heteroatoms. The number of rotatable bonds is 9. The van der Waals surface area contributed by atoms with Gasteiger partial charge in [0.05, 0.1) is 17.5 Å². The van der Waals surface area contributed by atoms with Crippen LogP contribution in [0, 0.1) is 6.92 Å². The van der Waals surface area contributed by atoms with Crippen LogP contribution in [-0.4, -0.2) is 52.6 Å². The van der Waals surface area contributed by atoms with Crippen LogP contribution in [0.3, 0.4) is 0 Å². The number of carbonyl (C=O) groups is 2. The first-order valence-corrected chi connectivity index (χ1v) is 12.1. The number of para-hydroxylation sites is 1. The van der Waals surface area contributed by atoms with Crippen LogP contribution in [-0.2, 0) is 24.3 Å². The van der Waals surface area contributed by atoms with Crippen molar-refractivity contribution in [1.29, 1.82) is 0 Å². The number of nitrogens with zero attached hydrogens (tertiary/aromatic N) is 1. The molecule has 0 aromatic heterocycles. The average Bonchev–Trinajstić information content (AvgIpc) is 3.29. The summed E-state index contributed by atoms with van der Waals surface area (Å²) in [6.45, 7) is 2.13. The number of halogens is 1. The second-order valence-corrected chi connectivity index (χ2v) is 9.69. The monoisotopic (exact) mass is 479 g/mol. The van der Waals surface area contributed by atoms with Crippen molar-refractivity contribution in [2.24, 2.45) is 0 Å². The average molecular weight is 480 g/mol. The van der Waals surface area contributed by atoms with Crippen LogP contribution in [0.5, 0.6) is 0 Å². The van der Waals surface area contributed by atoms with Crippen LogP contribution in [0.2, 0.25) is 5.02 Å². The quantitative estimate of drug-likeness (QED) is 0.574. The van der Waals surface area contributed by atoms with Crippen LogP contribution in [0.25, 0.3) is 0 Å². The Morgan fingerprint density at radius 3 is 2.53 bits per heavy atom. The largest absolute Gasteiger partial charge is 0.376 e. The van der Waals surface area contributed by atoms with Crippen molar-refractivity contribution in [3.8, 4) is 0 Å². The number of aryl methyl sites for hydroxylation is 1. The number of sulfonamides is 1. The van der Waals surface area contributed by atoms with Crippen molar-refractivity contribution in [3.05, 3.63) is 59.1 Å². The van der Waals surface area contributed by atoms with Gasteiger partial charge < -0.3 is 15.0 Å². The van der Waals surface area contributed by atoms with Gasteiger partial charge in [0.1, 0.15) is 6.54 Å². The van der Waals surface area contributed by atoms with Gasteiger partial charge in [-0.25, -0.2) is 13.1 Å². The second-order valence-electron chi connectivity index (χ2n) is 7.48. The van der Waals surface area contributed by atoms with Gasteiger partial charge in [0.2, 0.25) is 21.8 Å². The molecule has 3 rings (SSSR count). The molecule has 0 radical (unpaired) electrons. The first kappa shape index (κ1) is 24.2. The standard InChI is InChI=1S/C22H26ClN3O5S/c1-16-5-2-3-7-20(16)26(15-21(27)24-13-18-6-4-12-31-18)22(28)14-25-32(29,30)19-10-8-17(23)9-11-19/h2-3,5,7-11,18,25H,4,6,12-15H2,1H3,(H,24,27). The highest BCUT2D eigenvalue weighted by atomic mass is 35.5. The number of anilines is 1. The van der Waals surface area contributed by atoms with Gasteiger partial charge in [0.25, 0.3) is 0 Å². The topological polar surface area (TPSA) is 105 Å². The molecule has 0 bridgehead atoms. The molecule has 1 aliphatic rings. The summed E-state index contributed by atoms with van der Waals surface area (Å²) in [5.74, 6) is -0.901. The third-order valence-corrected chi connectivity index (χ3v) is 6.77. The summed E-state index contributed by atoms with van der Waals surface area (Å²) in [6, 6.07) is 12.7. The minimum Gasteiger partial charge on any atom is -0.376 e. The zero-order valence-corrected chi connectivity index (χ0v) is 19.3. The highest BCUT2D eigenvalue weighted by Gasteiger charge is 2.24. The second kappa shape index (κ2) is 10.9. The Kier molecular flexibility index (Phi) is 8.25. The van der Waals surface area contributed by atoms with E-state index in [1.54, 1.807) is 12.1 Å². The smallest absolute Gasteiger partial charge is 0.242 e. The molecule has 2 aromatic carbocycles. The molecule has 1 atom stereocenters. The predicted molar refractivity (Wildman–Crippen MR) is 122 cm³/mol. The maximum absolute atomic E-state index is 13.0. The Hall–Kier alpha value is -2.46. The number of nitrogens with one attached hydrogen (secondary N) is 2. The Morgan fingerprint density at radius 2 is 1.88 bits per heavy atom. The summed E-state index contributed by atoms with van der Waals surface area (Å²) in [5, 5.41) is 3.20. The third kappa shape index (κ3) is 6.52. The minimum absolute atomic E-state index is 0.00792. The number of benzene rings is 2. The van der Waals surface area contributed by atoms with E-state index in [9.17, 15) is 18.0 Å². The highest BCUT2D eigenvalue weighted by molar-refractivity contribution is 7.89. The first-order chi connectivity index (χ1) is 15.3. The normalized spacial score (nSPS) is 16.0. The fourth-order valence-corrected chi connectivity index (χ4v) is 4.46. The van der Waals surface area contributed by atoms with Gasteiger partial charge in [-0.15, -0.1) is 0 Å². The van der Waals surface area contributed by atoms with Gasteiger partial charge in [-0.05, 0) is 55.7 Å². The number of carbonyl (C=O) groups excluding carboxylic acids is 2. The van der Waals surface area contributed by atoms with Gasteiger partial charge in [0.15, 0.2) is 0 Å². The lowest BCUT2D eigenvalue weighted by Crippen LogP contribution is -2.46. The summed E-state index contributed by atoms with van der Waals surface area (Å²) in [4.78, 5) is 26.8. The van der Waals surface area contributed by atoms with Gasteiger partial charge in [0, 0.05) is 23.9 Å². The van der Waals surface area contributed by atoms with Crippen molar-refractivity contribution < 1.29 is 22.7 Å². The Bertz CT molecular complexity index is 1050. The van der Waals surface area contributed by atoms with Gasteiger partial charge in [-0.3, -0.25) is 9.59 Å². The molecular weight excluding hydrogens is 454 g/mol. The maximum atomic E-state index is 13.0. The molecule has 1 aliphatic heterocycles. The maximum Gasteiger partial charge on any atom is 0.242 e. The SMILES string of the molecule is Cc1ccccc1N(CC(=O)NCC1CCCO1)C(=O)CNS(=O)(=O)c1ccc(Cl)cc1. The van der Waals surface area contributed by atoms with Crippen molar-refractivity contribution in [2.45, 2.75) is 30.8 Å². The zero-order valence-electron chi connectivity index (χ0n) is 17.7. The summed E-state index contributed by atoms with van der Waals surface area (Å²) in [6.07, 6.45) is 1.82. The summed E-state index contributed by atoms with van der Waals surface area (Å²) >= 11 is 5.81. The van der Waals surface area contributed by atoms with Crippen molar-refractivity contribution >= 4 is 39.1 Å². The highest BCUT2D eigenvalue weighted by Crippen LogP contribution is 2.20. The van der Waals surface area contributed by atoms with Gasteiger partial charge in [-0.2, -0.15) is 0 Å². The predicted octanol–water partition coefficient (Wildman–Crippen LogP) is 2.26. The van der Waals surface area contributed by atoms with Gasteiger partial charge in [-0.1, -0.05) is 29.8 Å². The molecule has 172 valence electrons. The Labute approximate surface area is 192 Å². The lowest BCUT2D eigenvalue weighted by molar-refractivity contribution is -0.123. The third-order valence-electron chi connectivity index (χ3n) is 5.10. The fourth-order valence-electron chi connectivity index (χ4n) is 3.36. The molecule has 1 unspecified atom stereocenters. The summed E-state index contributed by atoms with van der Waals surface area (Å²) in [5.41, 5.74) is 1.32. The summed E-state index contributed by atoms with van der Waals surface area (Å²) < 4.78 is 32.9. The molecule has 2 amide bonds. The number of amides is 2. The number of ether oxygens (including phenoxy) is 1. The molecule has 0 spiro atoms. The van der Waals surface area contributed by atoms with Gasteiger partial charge >= 0.3 is 0 Å². The molecule has 1 fully saturated rings. The molecule has 32 heavy (non-hydrogen) atoms. The van der Waals surface area contributed by atoms with Crippen molar-refractivity contribution in [3.63, 3.8) is 0 Å². The van der Waals surface area contributed by atoms with E-state index >= 15 is 0 Å². The van der Waals surface area contributed by atoms with E-state index in [1.165, 1.54) is 29.2 Å². The zero-order chi connectivity index (χ0) is 23.1. The molecular formula is C22H26ClN3O5S. The van der Waals surface area contributed by atoms with E-state index < -0.39 is 22.5 Å². The van der Waals surface area contributed by atoms with Crippen molar-refractivity contribution in [1.82, 2.24) is 10.0 Å². The molecule has 0 saturated carbocycles. The number of hydrogen-bond donors (Lipinski definition) is 2. The van der Waals surface area contributed by atoms with Crippen molar-refractivity contribution in [2.75, 3.05) is 31.1 Å². The van der Waals surface area contributed by atoms with E-state index in [-0.39, 0.29) is 23.5 Å². The molecule has 2 aromatic rings. The summed E-state index contributed by atoms with van der Waals surface area (Å²) in [7, 11) is -3.92. The van der Waals surface area contributed by atoms with Crippen LogP contribution >= 0.6 is 11.6 Å². The van der Waals surface area contributed by atoms with Crippen LogP contribution in [0.4, 0.5) is 5.69 Å². The van der Waals surface area contributed by atoms with E-state index in [1.807, 2.05) is 19.1 Å². The minimum atomic E-state index is -3.92. The molecule has 1 heterocycles. The first-order valence-electron chi connectivity index (χ1n) is 10.3. The van der Waals surface area contributed by atoms with E-state index in [0.717, 1.165) is 18.4 Å². The number of hydrogen-bond acceptors (Lipinski definition) is 5. The molecule has 1 saturated heterocycles. The van der Waals surface area contributed by atoms with E-state index in [4.69, 9.17) is 16.3 Å². The van der Waals surface area contributed by atoms with Crippen LogP contribution in [0.15, 0.2) is 53.4 Å². The fraction of sp³-hybridized carbons (Fsp3) is 0.364. The van der Waals surface area contributed by atoms with E-state index in [0.29, 0.717) is 23.9 Å². The molecule has 2 N–H and O–H groups in total. The lowest BCUT2D eigenvalue weighted by Gasteiger charge is -2.24.